The van der Waals surface area contributed by atoms with Gasteiger partial charge in [0.15, 0.2) is 5.96 Å². The molecule has 7 nitrogen and oxygen atoms in total. The van der Waals surface area contributed by atoms with E-state index < -0.39 is 11.7 Å². The Morgan fingerprint density at radius 3 is 2.52 bits per heavy atom. The molecule has 8 heteroatoms. The van der Waals surface area contributed by atoms with Gasteiger partial charge in [0.1, 0.15) is 5.60 Å². The lowest BCUT2D eigenvalue weighted by Crippen LogP contribution is -2.42. The van der Waals surface area contributed by atoms with Crippen LogP contribution in [0.25, 0.3) is 0 Å². The molecule has 0 spiro atoms. The van der Waals surface area contributed by atoms with E-state index in [4.69, 9.17) is 4.74 Å². The Kier molecular flexibility index (Phi) is 13.9. The fourth-order valence-corrected chi connectivity index (χ4v) is 2.96. The lowest BCUT2D eigenvalue weighted by molar-refractivity contribution is 0.0529. The summed E-state index contributed by atoms with van der Waals surface area (Å²) in [5, 5.41) is 9.22. The number of likely N-dealkylation sites (tertiary alicyclic amines) is 1. The third-order valence-electron chi connectivity index (χ3n) is 4.24. The molecular weight excluding hydrogens is 457 g/mol. The lowest BCUT2D eigenvalue weighted by Gasteiger charge is -2.33. The highest BCUT2D eigenvalue weighted by atomic mass is 127. The van der Waals surface area contributed by atoms with Gasteiger partial charge in [0.05, 0.1) is 0 Å². The number of halogens is 1. The average Bonchev–Trinajstić information content (AvgIpc) is 2.55. The maximum Gasteiger partial charge on any atom is 0.407 e. The Labute approximate surface area is 182 Å². The molecule has 160 valence electrons. The maximum absolute atomic E-state index is 11.6. The number of piperidine rings is 1. The van der Waals surface area contributed by atoms with Gasteiger partial charge in [-0.15, -0.1) is 24.0 Å². The summed E-state index contributed by atoms with van der Waals surface area (Å²) in [7, 11) is 0. The predicted octanol–water partition coefficient (Wildman–Crippen LogP) is 2.95. The standard InChI is InChI=1S/C19H39N5O2.HI/c1-6-20-17(22-12-13-23-18(25)26-19(3,4)5)21-11-9-15-24-14-8-7-10-16(24)2;/h16H,6-15H2,1-5H3,(H,23,25)(H2,20,21,22);1H. The summed E-state index contributed by atoms with van der Waals surface area (Å²) in [4.78, 5) is 18.8. The molecule has 27 heavy (non-hydrogen) atoms. The first kappa shape index (κ1) is 26.2. The fourth-order valence-electron chi connectivity index (χ4n) is 2.96. The van der Waals surface area contributed by atoms with Gasteiger partial charge in [-0.3, -0.25) is 4.99 Å². The van der Waals surface area contributed by atoms with Crippen LogP contribution in [0.15, 0.2) is 4.99 Å². The first-order valence-electron chi connectivity index (χ1n) is 10.0. The van der Waals surface area contributed by atoms with E-state index in [1.54, 1.807) is 0 Å². The second-order valence-corrected chi connectivity index (χ2v) is 7.85. The number of carbonyl (C=O) groups is 1. The van der Waals surface area contributed by atoms with Crippen molar-refractivity contribution in [2.24, 2.45) is 4.99 Å². The molecular formula is C19H40IN5O2. The second kappa shape index (κ2) is 14.3. The van der Waals surface area contributed by atoms with Gasteiger partial charge in [0, 0.05) is 38.8 Å². The number of nitrogens with zero attached hydrogens (tertiary/aromatic N) is 2. The molecule has 0 saturated carbocycles. The van der Waals surface area contributed by atoms with Crippen LogP contribution in [-0.2, 0) is 4.74 Å². The topological polar surface area (TPSA) is 78.0 Å². The molecule has 0 aromatic carbocycles. The van der Waals surface area contributed by atoms with E-state index in [2.05, 4.69) is 32.8 Å². The van der Waals surface area contributed by atoms with Crippen molar-refractivity contribution in [3.05, 3.63) is 0 Å². The molecule has 1 fully saturated rings. The molecule has 1 aliphatic rings. The smallest absolute Gasteiger partial charge is 0.407 e. The first-order valence-corrected chi connectivity index (χ1v) is 10.0. The van der Waals surface area contributed by atoms with E-state index in [9.17, 15) is 4.79 Å². The van der Waals surface area contributed by atoms with Gasteiger partial charge in [-0.25, -0.2) is 4.79 Å². The van der Waals surface area contributed by atoms with E-state index in [-0.39, 0.29) is 24.0 Å². The summed E-state index contributed by atoms with van der Waals surface area (Å²) in [6.45, 7) is 15.0. The third kappa shape index (κ3) is 13.1. The van der Waals surface area contributed by atoms with E-state index in [1.807, 2.05) is 27.7 Å². The summed E-state index contributed by atoms with van der Waals surface area (Å²) >= 11 is 0. The highest BCUT2D eigenvalue weighted by Gasteiger charge is 2.17. The minimum absolute atomic E-state index is 0. The van der Waals surface area contributed by atoms with Gasteiger partial charge in [0.2, 0.25) is 0 Å². The maximum atomic E-state index is 11.6. The molecule has 0 aliphatic carbocycles. The van der Waals surface area contributed by atoms with Crippen LogP contribution < -0.4 is 16.0 Å². The Morgan fingerprint density at radius 2 is 1.89 bits per heavy atom. The molecule has 1 heterocycles. The predicted molar refractivity (Wildman–Crippen MR) is 123 cm³/mol. The van der Waals surface area contributed by atoms with E-state index in [1.165, 1.54) is 25.8 Å². The summed E-state index contributed by atoms with van der Waals surface area (Å²) in [5.41, 5.74) is -0.472. The summed E-state index contributed by atoms with van der Waals surface area (Å²) in [5.74, 6) is 0.796. The Balaban J connectivity index is 0.00000676. The monoisotopic (exact) mass is 497 g/mol. The van der Waals surface area contributed by atoms with Crippen LogP contribution in [0.5, 0.6) is 0 Å². The third-order valence-corrected chi connectivity index (χ3v) is 4.24. The summed E-state index contributed by atoms with van der Waals surface area (Å²) in [6.07, 6.45) is 4.68. The zero-order valence-electron chi connectivity index (χ0n) is 17.8. The van der Waals surface area contributed by atoms with Crippen molar-refractivity contribution in [3.63, 3.8) is 0 Å². The second-order valence-electron chi connectivity index (χ2n) is 7.85. The van der Waals surface area contributed by atoms with E-state index in [0.29, 0.717) is 19.1 Å². The number of rotatable bonds is 8. The van der Waals surface area contributed by atoms with Crippen molar-refractivity contribution in [2.75, 3.05) is 39.3 Å². The van der Waals surface area contributed by atoms with Crippen LogP contribution in [0, 0.1) is 0 Å². The van der Waals surface area contributed by atoms with Crippen molar-refractivity contribution in [3.8, 4) is 0 Å². The Hall–Kier alpha value is -0.770. The molecule has 1 aliphatic heterocycles. The number of ether oxygens (including phenoxy) is 1. The first-order chi connectivity index (χ1) is 12.3. The van der Waals surface area contributed by atoms with Gasteiger partial charge in [-0.05, 0) is 60.4 Å². The van der Waals surface area contributed by atoms with Crippen molar-refractivity contribution in [2.45, 2.75) is 71.9 Å². The van der Waals surface area contributed by atoms with Crippen LogP contribution in [-0.4, -0.2) is 67.9 Å². The normalized spacial score (nSPS) is 18.4. The SMILES string of the molecule is CCNC(=NCCCN1CCCCC1C)NCCNC(=O)OC(C)(C)C.I. The molecule has 3 N–H and O–H groups in total. The van der Waals surface area contributed by atoms with Crippen molar-refractivity contribution >= 4 is 36.0 Å². The molecule has 1 unspecified atom stereocenters. The van der Waals surface area contributed by atoms with Crippen molar-refractivity contribution in [1.29, 1.82) is 0 Å². The van der Waals surface area contributed by atoms with Crippen molar-refractivity contribution in [1.82, 2.24) is 20.9 Å². The van der Waals surface area contributed by atoms with Crippen molar-refractivity contribution < 1.29 is 9.53 Å². The summed E-state index contributed by atoms with van der Waals surface area (Å²) in [6, 6.07) is 0.707. The minimum atomic E-state index is -0.472. The van der Waals surface area contributed by atoms with Gasteiger partial charge < -0.3 is 25.6 Å². The molecule has 1 amide bonds. The van der Waals surface area contributed by atoms with Crippen LogP contribution in [0.4, 0.5) is 4.79 Å². The average molecular weight is 497 g/mol. The Bertz CT molecular complexity index is 440. The molecule has 1 saturated heterocycles. The van der Waals surface area contributed by atoms with Crippen LogP contribution in [0.3, 0.4) is 0 Å². The number of amides is 1. The van der Waals surface area contributed by atoms with E-state index >= 15 is 0 Å². The zero-order valence-corrected chi connectivity index (χ0v) is 20.1. The highest BCUT2D eigenvalue weighted by molar-refractivity contribution is 14.0. The Morgan fingerprint density at radius 1 is 1.19 bits per heavy atom. The van der Waals surface area contributed by atoms with Gasteiger partial charge in [-0.2, -0.15) is 0 Å². The molecule has 0 aromatic heterocycles. The highest BCUT2D eigenvalue weighted by Crippen LogP contribution is 2.16. The largest absolute Gasteiger partial charge is 0.444 e. The van der Waals surface area contributed by atoms with Gasteiger partial charge in [0.25, 0.3) is 0 Å². The van der Waals surface area contributed by atoms with Gasteiger partial charge in [-0.1, -0.05) is 6.42 Å². The van der Waals surface area contributed by atoms with Crippen LogP contribution in [0.1, 0.15) is 60.3 Å². The number of guanidine groups is 1. The fraction of sp³-hybridized carbons (Fsp3) is 0.895. The molecule has 1 rings (SSSR count). The molecule has 0 bridgehead atoms. The number of hydrogen-bond acceptors (Lipinski definition) is 4. The van der Waals surface area contributed by atoms with Crippen LogP contribution in [0.2, 0.25) is 0 Å². The molecule has 1 atom stereocenters. The zero-order chi connectivity index (χ0) is 19.4. The minimum Gasteiger partial charge on any atom is -0.444 e. The molecule has 0 aromatic rings. The number of carbonyl (C=O) groups excluding carboxylic acids is 1. The van der Waals surface area contributed by atoms with Crippen LogP contribution >= 0.6 is 24.0 Å². The van der Waals surface area contributed by atoms with E-state index in [0.717, 1.165) is 32.0 Å². The number of hydrogen-bond donors (Lipinski definition) is 3. The van der Waals surface area contributed by atoms with Gasteiger partial charge >= 0.3 is 6.09 Å². The lowest BCUT2D eigenvalue weighted by atomic mass is 10.0. The quantitative estimate of drug-likeness (QED) is 0.208. The number of nitrogens with one attached hydrogen (secondary N) is 3. The number of aliphatic imine (C=N–C) groups is 1. The number of alkyl carbamates (subject to hydrolysis) is 1. The summed E-state index contributed by atoms with van der Waals surface area (Å²) < 4.78 is 5.21. The molecule has 0 radical (unpaired) electrons.